The van der Waals surface area contributed by atoms with Crippen molar-refractivity contribution in [2.75, 3.05) is 0 Å². The summed E-state index contributed by atoms with van der Waals surface area (Å²) in [5.41, 5.74) is 2.60. The molecule has 1 aliphatic rings. The molecule has 0 radical (unpaired) electrons. The van der Waals surface area contributed by atoms with E-state index in [1.807, 2.05) is 6.07 Å². The SMILES string of the molecule is N#Cc1ccccc1COc1c(Cl)cc(/C=C2\SC(=S)N(Cc3ccc(F)cc3)C2=O)cc1Cl. The fourth-order valence-electron chi connectivity index (χ4n) is 3.27. The van der Waals surface area contributed by atoms with Crippen LogP contribution in [0, 0.1) is 17.1 Å². The molecule has 1 saturated heterocycles. The van der Waals surface area contributed by atoms with E-state index in [1.54, 1.807) is 48.5 Å². The number of amides is 1. The van der Waals surface area contributed by atoms with Crippen molar-refractivity contribution in [3.05, 3.63) is 104 Å². The molecule has 0 saturated carbocycles. The van der Waals surface area contributed by atoms with Gasteiger partial charge in [-0.25, -0.2) is 4.39 Å². The molecule has 0 spiro atoms. The minimum atomic E-state index is -0.343. The van der Waals surface area contributed by atoms with E-state index in [0.717, 1.165) is 5.56 Å². The zero-order chi connectivity index (χ0) is 24.2. The molecule has 3 aromatic rings. The summed E-state index contributed by atoms with van der Waals surface area (Å²) < 4.78 is 19.4. The third-order valence-corrected chi connectivity index (χ3v) is 6.90. The molecule has 0 bridgehead atoms. The van der Waals surface area contributed by atoms with Gasteiger partial charge in [0, 0.05) is 5.56 Å². The van der Waals surface area contributed by atoms with Gasteiger partial charge in [-0.05, 0) is 47.5 Å². The second-order valence-corrected chi connectivity index (χ2v) is 9.76. The fraction of sp³-hybridized carbons (Fsp3) is 0.0800. The molecule has 0 atom stereocenters. The lowest BCUT2D eigenvalue weighted by atomic mass is 10.1. The number of hydrogen-bond donors (Lipinski definition) is 0. The number of nitrogens with zero attached hydrogens (tertiary/aromatic N) is 2. The number of nitriles is 1. The Morgan fingerprint density at radius 1 is 1.12 bits per heavy atom. The van der Waals surface area contributed by atoms with Crippen molar-refractivity contribution in [2.24, 2.45) is 0 Å². The molecule has 4 nitrogen and oxygen atoms in total. The zero-order valence-corrected chi connectivity index (χ0v) is 20.6. The summed E-state index contributed by atoms with van der Waals surface area (Å²) in [4.78, 5) is 14.8. The average molecular weight is 529 g/mol. The first-order chi connectivity index (χ1) is 16.4. The van der Waals surface area contributed by atoms with Gasteiger partial charge in [0.15, 0.2) is 5.75 Å². The van der Waals surface area contributed by atoms with E-state index in [9.17, 15) is 14.4 Å². The summed E-state index contributed by atoms with van der Waals surface area (Å²) in [5.74, 6) is -0.304. The summed E-state index contributed by atoms with van der Waals surface area (Å²) in [5, 5.41) is 9.77. The van der Waals surface area contributed by atoms with Crippen molar-refractivity contribution in [2.45, 2.75) is 13.2 Å². The Balaban J connectivity index is 1.51. The largest absolute Gasteiger partial charge is 0.486 e. The molecule has 170 valence electrons. The number of carbonyl (C=O) groups is 1. The predicted molar refractivity (Wildman–Crippen MR) is 137 cm³/mol. The van der Waals surface area contributed by atoms with Gasteiger partial charge in [0.25, 0.3) is 5.91 Å². The molecule has 1 fully saturated rings. The second-order valence-electron chi connectivity index (χ2n) is 7.27. The van der Waals surface area contributed by atoms with Gasteiger partial charge in [-0.1, -0.05) is 77.5 Å². The van der Waals surface area contributed by atoms with Crippen LogP contribution in [0.15, 0.2) is 65.6 Å². The molecule has 0 N–H and O–H groups in total. The van der Waals surface area contributed by atoms with Gasteiger partial charge in [0.2, 0.25) is 0 Å². The molecule has 4 rings (SSSR count). The standard InChI is InChI=1S/C25H15Cl2FN2O2S2/c26-20-9-16(10-21(27)23(20)32-14-18-4-2-1-3-17(18)12-29)11-22-24(31)30(25(33)34-22)13-15-5-7-19(28)8-6-15/h1-11H,13-14H2/b22-11-. The zero-order valence-electron chi connectivity index (χ0n) is 17.4. The van der Waals surface area contributed by atoms with Crippen molar-refractivity contribution < 1.29 is 13.9 Å². The lowest BCUT2D eigenvalue weighted by Crippen LogP contribution is -2.27. The van der Waals surface area contributed by atoms with Gasteiger partial charge in [0.05, 0.1) is 33.1 Å². The number of hydrogen-bond acceptors (Lipinski definition) is 5. The first-order valence-corrected chi connectivity index (χ1v) is 11.9. The van der Waals surface area contributed by atoms with Gasteiger partial charge in [-0.3, -0.25) is 9.69 Å². The highest BCUT2D eigenvalue weighted by Crippen LogP contribution is 2.38. The Hall–Kier alpha value is -2.89. The first kappa shape index (κ1) is 24.2. The van der Waals surface area contributed by atoms with Crippen LogP contribution in [0.2, 0.25) is 10.0 Å². The Kier molecular flexibility index (Phi) is 7.54. The van der Waals surface area contributed by atoms with E-state index in [2.05, 4.69) is 6.07 Å². The minimum Gasteiger partial charge on any atom is -0.486 e. The Morgan fingerprint density at radius 3 is 2.47 bits per heavy atom. The van der Waals surface area contributed by atoms with Crippen molar-refractivity contribution in [3.8, 4) is 11.8 Å². The van der Waals surface area contributed by atoms with Crippen molar-refractivity contribution in [1.82, 2.24) is 4.90 Å². The fourth-order valence-corrected chi connectivity index (χ4v) is 5.13. The van der Waals surface area contributed by atoms with Crippen LogP contribution in [0.1, 0.15) is 22.3 Å². The van der Waals surface area contributed by atoms with Crippen LogP contribution in [0.5, 0.6) is 5.75 Å². The average Bonchev–Trinajstić information content (AvgIpc) is 3.07. The number of halogens is 3. The summed E-state index contributed by atoms with van der Waals surface area (Å²) >= 11 is 19.4. The molecule has 0 aromatic heterocycles. The Bertz CT molecular complexity index is 1330. The normalized spacial score (nSPS) is 14.5. The van der Waals surface area contributed by atoms with Crippen LogP contribution in [0.25, 0.3) is 6.08 Å². The molecule has 1 heterocycles. The Labute approximate surface area is 215 Å². The van der Waals surface area contributed by atoms with Crippen LogP contribution < -0.4 is 4.74 Å². The van der Waals surface area contributed by atoms with Crippen molar-refractivity contribution in [3.63, 3.8) is 0 Å². The maximum absolute atomic E-state index is 13.2. The summed E-state index contributed by atoms with van der Waals surface area (Å²) in [6.07, 6.45) is 1.66. The number of ether oxygens (including phenoxy) is 1. The topological polar surface area (TPSA) is 53.3 Å². The first-order valence-electron chi connectivity index (χ1n) is 9.95. The van der Waals surface area contributed by atoms with E-state index in [-0.39, 0.29) is 40.7 Å². The molecule has 9 heteroatoms. The lowest BCUT2D eigenvalue weighted by molar-refractivity contribution is -0.122. The van der Waals surface area contributed by atoms with Gasteiger partial charge in [-0.2, -0.15) is 5.26 Å². The second kappa shape index (κ2) is 10.6. The lowest BCUT2D eigenvalue weighted by Gasteiger charge is -2.14. The van der Waals surface area contributed by atoms with Crippen LogP contribution in [0.4, 0.5) is 4.39 Å². The molecular weight excluding hydrogens is 514 g/mol. The van der Waals surface area contributed by atoms with Crippen LogP contribution in [-0.2, 0) is 17.9 Å². The number of rotatable bonds is 6. The summed E-state index contributed by atoms with van der Waals surface area (Å²) in [7, 11) is 0. The van der Waals surface area contributed by atoms with Crippen LogP contribution in [-0.4, -0.2) is 15.1 Å². The number of thioether (sulfide) groups is 1. The summed E-state index contributed by atoms with van der Waals surface area (Å²) in [6, 6.07) is 18.4. The summed E-state index contributed by atoms with van der Waals surface area (Å²) in [6.45, 7) is 0.380. The minimum absolute atomic E-state index is 0.130. The molecule has 1 amide bonds. The molecule has 1 aliphatic heterocycles. The number of thiocarbonyl (C=S) groups is 1. The van der Waals surface area contributed by atoms with Crippen LogP contribution >= 0.6 is 47.2 Å². The van der Waals surface area contributed by atoms with Gasteiger partial charge in [0.1, 0.15) is 16.7 Å². The number of carbonyl (C=O) groups excluding carboxylic acids is 1. The van der Waals surface area contributed by atoms with E-state index in [4.69, 9.17) is 40.2 Å². The molecular formula is C25H15Cl2FN2O2S2. The highest BCUT2D eigenvalue weighted by Gasteiger charge is 2.32. The van der Waals surface area contributed by atoms with Crippen LogP contribution in [0.3, 0.4) is 0 Å². The highest BCUT2D eigenvalue weighted by atomic mass is 35.5. The van der Waals surface area contributed by atoms with Gasteiger partial charge >= 0.3 is 0 Å². The van der Waals surface area contributed by atoms with E-state index >= 15 is 0 Å². The van der Waals surface area contributed by atoms with E-state index in [1.165, 1.54) is 28.8 Å². The van der Waals surface area contributed by atoms with E-state index in [0.29, 0.717) is 25.9 Å². The highest BCUT2D eigenvalue weighted by molar-refractivity contribution is 8.26. The van der Waals surface area contributed by atoms with Crippen molar-refractivity contribution in [1.29, 1.82) is 5.26 Å². The monoisotopic (exact) mass is 528 g/mol. The third-order valence-electron chi connectivity index (χ3n) is 4.96. The molecule has 0 aliphatic carbocycles. The Morgan fingerprint density at radius 2 is 1.79 bits per heavy atom. The maximum atomic E-state index is 13.2. The molecule has 3 aromatic carbocycles. The molecule has 0 unspecified atom stereocenters. The maximum Gasteiger partial charge on any atom is 0.266 e. The van der Waals surface area contributed by atoms with Crippen molar-refractivity contribution >= 4 is 63.5 Å². The smallest absolute Gasteiger partial charge is 0.266 e. The van der Waals surface area contributed by atoms with Gasteiger partial charge < -0.3 is 4.74 Å². The third kappa shape index (κ3) is 5.43. The van der Waals surface area contributed by atoms with E-state index < -0.39 is 0 Å². The van der Waals surface area contributed by atoms with Gasteiger partial charge in [-0.15, -0.1) is 0 Å². The predicted octanol–water partition coefficient (Wildman–Crippen LogP) is 6.98. The number of benzene rings is 3. The quantitative estimate of drug-likeness (QED) is 0.255. The molecule has 34 heavy (non-hydrogen) atoms.